The Morgan fingerprint density at radius 1 is 1.20 bits per heavy atom. The first-order valence-corrected chi connectivity index (χ1v) is 8.97. The van der Waals surface area contributed by atoms with Crippen molar-refractivity contribution in [2.75, 3.05) is 20.2 Å². The van der Waals surface area contributed by atoms with Crippen molar-refractivity contribution in [1.29, 1.82) is 0 Å². The van der Waals surface area contributed by atoms with Crippen LogP contribution in [0.15, 0.2) is 29.3 Å². The molecular weight excluding hydrogens is 447 g/mol. The number of rotatable bonds is 7. The Labute approximate surface area is 171 Å². The Kier molecular flexibility index (Phi) is 9.81. The quantitative estimate of drug-likeness (QED) is 0.277. The van der Waals surface area contributed by atoms with Crippen molar-refractivity contribution in [2.45, 2.75) is 33.7 Å². The van der Waals surface area contributed by atoms with Crippen LogP contribution in [0.3, 0.4) is 0 Å². The fourth-order valence-electron chi connectivity index (χ4n) is 2.30. The van der Waals surface area contributed by atoms with Crippen LogP contribution in [-0.4, -0.2) is 31.1 Å². The molecule has 0 radical (unpaired) electrons. The van der Waals surface area contributed by atoms with E-state index in [0.29, 0.717) is 6.61 Å². The first kappa shape index (κ1) is 21.7. The Morgan fingerprint density at radius 2 is 1.96 bits per heavy atom. The minimum Gasteiger partial charge on any atom is -0.493 e. The highest BCUT2D eigenvalue weighted by Gasteiger charge is 2.05. The fraction of sp³-hybridized carbons (Fsp3) is 0.444. The molecule has 0 atom stereocenters. The third kappa shape index (κ3) is 7.19. The second-order valence-electron chi connectivity index (χ2n) is 5.56. The van der Waals surface area contributed by atoms with Crippen molar-refractivity contribution >= 4 is 41.3 Å². The van der Waals surface area contributed by atoms with Gasteiger partial charge in [-0.05, 0) is 38.8 Å². The monoisotopic (exact) mass is 474 g/mol. The van der Waals surface area contributed by atoms with Gasteiger partial charge in [0.2, 0.25) is 0 Å². The molecule has 0 amide bonds. The molecule has 2 N–H and O–H groups in total. The SMILES string of the molecule is CN=C(NCCCOc1ccccc1C)NCc1sc(C)nc1C.I. The van der Waals surface area contributed by atoms with Gasteiger partial charge < -0.3 is 15.4 Å². The molecular formula is C18H27IN4OS. The Balaban J connectivity index is 0.00000312. The summed E-state index contributed by atoms with van der Waals surface area (Å²) in [6.07, 6.45) is 0.910. The second kappa shape index (κ2) is 11.3. The summed E-state index contributed by atoms with van der Waals surface area (Å²) < 4.78 is 5.79. The average Bonchev–Trinajstić information content (AvgIpc) is 2.89. The zero-order chi connectivity index (χ0) is 17.4. The van der Waals surface area contributed by atoms with E-state index in [4.69, 9.17) is 4.74 Å². The maximum Gasteiger partial charge on any atom is 0.191 e. The number of aliphatic imine (C=N–C) groups is 1. The standard InChI is InChI=1S/C18H26N4OS.HI/c1-13-8-5-6-9-16(13)23-11-7-10-20-18(19-4)21-12-17-14(2)22-15(3)24-17;/h5-6,8-9H,7,10-12H2,1-4H3,(H2,19,20,21);1H. The molecule has 0 spiro atoms. The molecule has 1 aromatic heterocycles. The van der Waals surface area contributed by atoms with E-state index in [1.807, 2.05) is 32.0 Å². The van der Waals surface area contributed by atoms with Gasteiger partial charge in [-0.25, -0.2) is 4.98 Å². The fourth-order valence-corrected chi connectivity index (χ4v) is 3.18. The van der Waals surface area contributed by atoms with Gasteiger partial charge in [-0.15, -0.1) is 35.3 Å². The van der Waals surface area contributed by atoms with Gasteiger partial charge in [0.1, 0.15) is 5.75 Å². The summed E-state index contributed by atoms with van der Waals surface area (Å²) >= 11 is 1.72. The second-order valence-corrected chi connectivity index (χ2v) is 6.85. The lowest BCUT2D eigenvalue weighted by Gasteiger charge is -2.12. The van der Waals surface area contributed by atoms with Crippen LogP contribution in [0.5, 0.6) is 5.75 Å². The maximum absolute atomic E-state index is 5.79. The molecule has 0 aliphatic rings. The van der Waals surface area contributed by atoms with Crippen LogP contribution in [0.2, 0.25) is 0 Å². The number of ether oxygens (including phenoxy) is 1. The van der Waals surface area contributed by atoms with Crippen molar-refractivity contribution in [3.8, 4) is 5.75 Å². The summed E-state index contributed by atoms with van der Waals surface area (Å²) in [6, 6.07) is 8.08. The molecule has 0 bridgehead atoms. The van der Waals surface area contributed by atoms with E-state index in [2.05, 4.69) is 33.6 Å². The molecule has 1 heterocycles. The molecule has 7 heteroatoms. The summed E-state index contributed by atoms with van der Waals surface area (Å²) in [4.78, 5) is 9.93. The number of hydrogen-bond donors (Lipinski definition) is 2. The molecule has 0 saturated carbocycles. The van der Waals surface area contributed by atoms with Crippen LogP contribution in [0.25, 0.3) is 0 Å². The molecule has 0 fully saturated rings. The van der Waals surface area contributed by atoms with Crippen molar-refractivity contribution < 1.29 is 4.74 Å². The lowest BCUT2D eigenvalue weighted by atomic mass is 10.2. The lowest BCUT2D eigenvalue weighted by Crippen LogP contribution is -2.37. The number of nitrogens with zero attached hydrogens (tertiary/aromatic N) is 2. The molecule has 0 unspecified atom stereocenters. The molecule has 2 rings (SSSR count). The molecule has 138 valence electrons. The summed E-state index contributed by atoms with van der Waals surface area (Å²) in [5, 5.41) is 7.73. The Morgan fingerprint density at radius 3 is 2.60 bits per heavy atom. The normalized spacial score (nSPS) is 11.0. The van der Waals surface area contributed by atoms with E-state index in [-0.39, 0.29) is 24.0 Å². The van der Waals surface area contributed by atoms with Crippen LogP contribution >= 0.6 is 35.3 Å². The highest BCUT2D eigenvalue weighted by molar-refractivity contribution is 14.0. The average molecular weight is 474 g/mol. The van der Waals surface area contributed by atoms with Gasteiger partial charge in [-0.2, -0.15) is 0 Å². The summed E-state index contributed by atoms with van der Waals surface area (Å²) in [5.41, 5.74) is 2.25. The van der Waals surface area contributed by atoms with Crippen molar-refractivity contribution in [3.05, 3.63) is 45.4 Å². The summed E-state index contributed by atoms with van der Waals surface area (Å²) in [7, 11) is 1.78. The van der Waals surface area contributed by atoms with E-state index < -0.39 is 0 Å². The van der Waals surface area contributed by atoms with E-state index in [1.165, 1.54) is 4.88 Å². The van der Waals surface area contributed by atoms with Gasteiger partial charge >= 0.3 is 0 Å². The first-order valence-electron chi connectivity index (χ1n) is 8.16. The largest absolute Gasteiger partial charge is 0.493 e. The number of guanidine groups is 1. The molecule has 0 aliphatic heterocycles. The third-order valence-corrected chi connectivity index (χ3v) is 4.68. The van der Waals surface area contributed by atoms with Gasteiger partial charge in [-0.3, -0.25) is 4.99 Å². The summed E-state index contributed by atoms with van der Waals surface area (Å²) in [5.74, 6) is 1.76. The molecule has 0 aliphatic carbocycles. The Hall–Kier alpha value is -1.35. The van der Waals surface area contributed by atoms with Crippen LogP contribution in [0, 0.1) is 20.8 Å². The molecule has 2 aromatic rings. The van der Waals surface area contributed by atoms with Crippen molar-refractivity contribution in [2.24, 2.45) is 4.99 Å². The van der Waals surface area contributed by atoms with Gasteiger partial charge in [0.15, 0.2) is 5.96 Å². The number of thiazole rings is 1. The van der Waals surface area contributed by atoms with Crippen LogP contribution in [-0.2, 0) is 6.54 Å². The molecule has 1 aromatic carbocycles. The topological polar surface area (TPSA) is 58.5 Å². The maximum atomic E-state index is 5.79. The minimum absolute atomic E-state index is 0. The van der Waals surface area contributed by atoms with E-state index in [0.717, 1.165) is 47.5 Å². The minimum atomic E-state index is 0. The number of nitrogens with one attached hydrogen (secondary N) is 2. The Bertz CT molecular complexity index is 687. The van der Waals surface area contributed by atoms with Crippen molar-refractivity contribution in [3.63, 3.8) is 0 Å². The number of benzene rings is 1. The number of aryl methyl sites for hydroxylation is 3. The third-order valence-electron chi connectivity index (χ3n) is 3.60. The number of hydrogen-bond acceptors (Lipinski definition) is 4. The van der Waals surface area contributed by atoms with Crippen molar-refractivity contribution in [1.82, 2.24) is 15.6 Å². The number of aromatic nitrogens is 1. The highest BCUT2D eigenvalue weighted by Crippen LogP contribution is 2.17. The van der Waals surface area contributed by atoms with E-state index in [1.54, 1.807) is 18.4 Å². The first-order chi connectivity index (χ1) is 11.6. The number of halogens is 1. The molecule has 5 nitrogen and oxygen atoms in total. The van der Waals surface area contributed by atoms with E-state index in [9.17, 15) is 0 Å². The predicted molar refractivity (Wildman–Crippen MR) is 116 cm³/mol. The molecule has 25 heavy (non-hydrogen) atoms. The van der Waals surface area contributed by atoms with E-state index >= 15 is 0 Å². The summed E-state index contributed by atoms with van der Waals surface area (Å²) in [6.45, 7) is 8.37. The zero-order valence-corrected chi connectivity index (χ0v) is 18.4. The van der Waals surface area contributed by atoms with Gasteiger partial charge in [-0.1, -0.05) is 18.2 Å². The van der Waals surface area contributed by atoms with Gasteiger partial charge in [0, 0.05) is 18.5 Å². The van der Waals surface area contributed by atoms with Gasteiger partial charge in [0.25, 0.3) is 0 Å². The lowest BCUT2D eigenvalue weighted by molar-refractivity contribution is 0.309. The highest BCUT2D eigenvalue weighted by atomic mass is 127. The number of para-hydroxylation sites is 1. The van der Waals surface area contributed by atoms with Crippen LogP contribution in [0.1, 0.15) is 27.6 Å². The zero-order valence-electron chi connectivity index (χ0n) is 15.3. The predicted octanol–water partition coefficient (Wildman–Crippen LogP) is 3.82. The van der Waals surface area contributed by atoms with Crippen LogP contribution < -0.4 is 15.4 Å². The smallest absolute Gasteiger partial charge is 0.191 e. The van der Waals surface area contributed by atoms with Gasteiger partial charge in [0.05, 0.1) is 23.9 Å². The molecule has 0 saturated heterocycles. The van der Waals surface area contributed by atoms with Crippen LogP contribution in [0.4, 0.5) is 0 Å².